The SMILES string of the molecule is CC(C)(O)CCN=Cc1cc(NC(=O)c2csc(-c3ccnc(F)c3)n2)c(-c2ccsc2)cc1N. The Hall–Kier alpha value is -3.47. The van der Waals surface area contributed by atoms with Gasteiger partial charge in [-0.25, -0.2) is 9.97 Å². The molecule has 4 N–H and O–H groups in total. The monoisotopic (exact) mass is 509 g/mol. The highest BCUT2D eigenvalue weighted by Gasteiger charge is 2.17. The summed E-state index contributed by atoms with van der Waals surface area (Å²) in [6, 6.07) is 8.45. The number of carbonyl (C=O) groups excluding carboxylic acids is 1. The number of pyridine rings is 1. The number of carbonyl (C=O) groups is 1. The fourth-order valence-corrected chi connectivity index (χ4v) is 4.69. The van der Waals surface area contributed by atoms with Crippen LogP contribution in [0.3, 0.4) is 0 Å². The van der Waals surface area contributed by atoms with Crippen molar-refractivity contribution in [2.45, 2.75) is 25.9 Å². The molecule has 3 aromatic heterocycles. The van der Waals surface area contributed by atoms with Crippen molar-refractivity contribution in [3.63, 3.8) is 0 Å². The van der Waals surface area contributed by atoms with Crippen molar-refractivity contribution in [3.05, 3.63) is 69.9 Å². The molecule has 0 saturated heterocycles. The van der Waals surface area contributed by atoms with Gasteiger partial charge in [-0.1, -0.05) is 0 Å². The van der Waals surface area contributed by atoms with Crippen molar-refractivity contribution in [2.24, 2.45) is 4.99 Å². The smallest absolute Gasteiger partial charge is 0.275 e. The van der Waals surface area contributed by atoms with E-state index in [4.69, 9.17) is 5.73 Å². The molecular weight excluding hydrogens is 485 g/mol. The summed E-state index contributed by atoms with van der Waals surface area (Å²) in [6.07, 6.45) is 3.51. The van der Waals surface area contributed by atoms with Gasteiger partial charge in [0.1, 0.15) is 10.7 Å². The lowest BCUT2D eigenvalue weighted by atomic mass is 10.0. The van der Waals surface area contributed by atoms with Gasteiger partial charge in [0.2, 0.25) is 5.95 Å². The average Bonchev–Trinajstić information content (AvgIpc) is 3.50. The summed E-state index contributed by atoms with van der Waals surface area (Å²) in [7, 11) is 0. The molecule has 4 aromatic rings. The predicted molar refractivity (Wildman–Crippen MR) is 141 cm³/mol. The fourth-order valence-electron chi connectivity index (χ4n) is 3.24. The van der Waals surface area contributed by atoms with E-state index in [1.54, 1.807) is 43.6 Å². The van der Waals surface area contributed by atoms with E-state index >= 15 is 0 Å². The number of aliphatic imine (C=N–C) groups is 1. The number of rotatable bonds is 8. The van der Waals surface area contributed by atoms with E-state index in [0.717, 1.165) is 11.1 Å². The number of hydrogen-bond donors (Lipinski definition) is 3. The fraction of sp³-hybridized carbons (Fsp3) is 0.200. The van der Waals surface area contributed by atoms with Gasteiger partial charge in [-0.2, -0.15) is 15.7 Å². The number of nitrogens with one attached hydrogen (secondary N) is 1. The van der Waals surface area contributed by atoms with Crippen molar-refractivity contribution < 1.29 is 14.3 Å². The molecule has 0 unspecified atom stereocenters. The molecule has 0 saturated carbocycles. The Balaban J connectivity index is 1.61. The van der Waals surface area contributed by atoms with Crippen molar-refractivity contribution in [2.75, 3.05) is 17.6 Å². The van der Waals surface area contributed by atoms with Gasteiger partial charge in [0, 0.05) is 58.5 Å². The van der Waals surface area contributed by atoms with E-state index in [-0.39, 0.29) is 5.69 Å². The second-order valence-corrected chi connectivity index (χ2v) is 10.1. The number of halogens is 1. The zero-order valence-corrected chi connectivity index (χ0v) is 20.8. The van der Waals surface area contributed by atoms with Crippen molar-refractivity contribution >= 4 is 46.2 Å². The highest BCUT2D eigenvalue weighted by molar-refractivity contribution is 7.13. The Morgan fingerprint density at radius 1 is 1.26 bits per heavy atom. The number of benzene rings is 1. The lowest BCUT2D eigenvalue weighted by Gasteiger charge is -2.15. The number of nitrogens with two attached hydrogens (primary N) is 1. The molecule has 1 aromatic carbocycles. The van der Waals surface area contributed by atoms with Crippen LogP contribution in [-0.4, -0.2) is 39.3 Å². The predicted octanol–water partition coefficient (Wildman–Crippen LogP) is 5.49. The molecule has 0 atom stereocenters. The van der Waals surface area contributed by atoms with Crippen molar-refractivity contribution in [1.29, 1.82) is 0 Å². The lowest BCUT2D eigenvalue weighted by molar-refractivity contribution is 0.0739. The summed E-state index contributed by atoms with van der Waals surface area (Å²) in [4.78, 5) is 25.4. The van der Waals surface area contributed by atoms with Crippen LogP contribution in [-0.2, 0) is 0 Å². The molecule has 0 aliphatic carbocycles. The maximum Gasteiger partial charge on any atom is 0.275 e. The zero-order chi connectivity index (χ0) is 25.0. The molecule has 3 heterocycles. The molecule has 7 nitrogen and oxygen atoms in total. The van der Waals surface area contributed by atoms with Gasteiger partial charge < -0.3 is 16.2 Å². The summed E-state index contributed by atoms with van der Waals surface area (Å²) in [6.45, 7) is 3.90. The van der Waals surface area contributed by atoms with Crippen molar-refractivity contribution in [3.8, 4) is 21.7 Å². The minimum Gasteiger partial charge on any atom is -0.398 e. The number of aliphatic hydroxyl groups is 1. The summed E-state index contributed by atoms with van der Waals surface area (Å²) in [5.74, 6) is -1.00. The normalized spacial score (nSPS) is 11.8. The second-order valence-electron chi connectivity index (χ2n) is 8.50. The quantitative estimate of drug-likeness (QED) is 0.165. The van der Waals surface area contributed by atoms with Crippen molar-refractivity contribution in [1.82, 2.24) is 9.97 Å². The Kier molecular flexibility index (Phi) is 7.34. The minimum absolute atomic E-state index is 0.218. The van der Waals surface area contributed by atoms with Crippen LogP contribution in [0.1, 0.15) is 36.3 Å². The van der Waals surface area contributed by atoms with Gasteiger partial charge in [-0.05, 0) is 60.9 Å². The summed E-state index contributed by atoms with van der Waals surface area (Å²) in [5.41, 5.74) is 9.70. The maximum absolute atomic E-state index is 13.5. The number of anilines is 2. The number of amides is 1. The van der Waals surface area contributed by atoms with E-state index in [2.05, 4.69) is 20.3 Å². The van der Waals surface area contributed by atoms with E-state index in [0.29, 0.717) is 40.5 Å². The van der Waals surface area contributed by atoms with Gasteiger partial charge in [-0.3, -0.25) is 9.79 Å². The summed E-state index contributed by atoms with van der Waals surface area (Å²) >= 11 is 2.79. The van der Waals surface area contributed by atoms with Crippen LogP contribution < -0.4 is 11.1 Å². The minimum atomic E-state index is -0.806. The average molecular weight is 510 g/mol. The molecular formula is C25H24FN5O2S2. The first-order chi connectivity index (χ1) is 16.7. The number of nitrogens with zero attached hydrogens (tertiary/aromatic N) is 3. The maximum atomic E-state index is 13.5. The number of thiazole rings is 1. The van der Waals surface area contributed by atoms with Crippen LogP contribution in [0.15, 0.2) is 57.7 Å². The summed E-state index contributed by atoms with van der Waals surface area (Å²) < 4.78 is 13.5. The van der Waals surface area contributed by atoms with E-state index in [9.17, 15) is 14.3 Å². The third-order valence-electron chi connectivity index (χ3n) is 5.10. The molecule has 1 amide bonds. The first-order valence-corrected chi connectivity index (χ1v) is 12.6. The topological polar surface area (TPSA) is 113 Å². The van der Waals surface area contributed by atoms with Gasteiger partial charge in [0.25, 0.3) is 5.91 Å². The molecule has 0 aliphatic heterocycles. The molecule has 4 rings (SSSR count). The first kappa shape index (κ1) is 24.6. The van der Waals surface area contributed by atoms with Crippen LogP contribution in [0, 0.1) is 5.95 Å². The Morgan fingerprint density at radius 3 is 2.80 bits per heavy atom. The molecule has 0 bridgehead atoms. The number of thiophene rings is 1. The molecule has 0 spiro atoms. The number of hydrogen-bond acceptors (Lipinski definition) is 8. The third-order valence-corrected chi connectivity index (χ3v) is 6.67. The van der Waals surface area contributed by atoms with Crippen LogP contribution in [0.25, 0.3) is 21.7 Å². The van der Waals surface area contributed by atoms with E-state index in [1.165, 1.54) is 34.9 Å². The molecule has 10 heteroatoms. The highest BCUT2D eigenvalue weighted by Crippen LogP contribution is 2.34. The van der Waals surface area contributed by atoms with Gasteiger partial charge in [-0.15, -0.1) is 11.3 Å². The van der Waals surface area contributed by atoms with Gasteiger partial charge in [0.15, 0.2) is 0 Å². The van der Waals surface area contributed by atoms with Crippen LogP contribution in [0.2, 0.25) is 0 Å². The van der Waals surface area contributed by atoms with Crippen LogP contribution >= 0.6 is 22.7 Å². The molecule has 180 valence electrons. The summed E-state index contributed by atoms with van der Waals surface area (Å²) in [5, 5.41) is 18.9. The standard InChI is InChI=1S/C25H24FN5O2S2/c1-25(2,33)5-7-28-12-17-9-20(18(11-19(17)27)16-4-8-34-13-16)30-23(32)21-14-35-24(31-21)15-3-6-29-22(26)10-15/h3-4,6,8-14,33H,5,7,27H2,1-2H3,(H,30,32). The Morgan fingerprint density at radius 2 is 2.09 bits per heavy atom. The van der Waals surface area contributed by atoms with E-state index in [1.807, 2.05) is 16.8 Å². The van der Waals surface area contributed by atoms with E-state index < -0.39 is 17.5 Å². The largest absolute Gasteiger partial charge is 0.398 e. The van der Waals surface area contributed by atoms with Gasteiger partial charge in [0.05, 0.1) is 5.60 Å². The molecule has 0 fully saturated rings. The number of nitrogen functional groups attached to an aromatic ring is 1. The Bertz CT molecular complexity index is 1360. The van der Waals surface area contributed by atoms with Crippen LogP contribution in [0.4, 0.5) is 15.8 Å². The van der Waals surface area contributed by atoms with Gasteiger partial charge >= 0.3 is 0 Å². The molecule has 35 heavy (non-hydrogen) atoms. The lowest BCUT2D eigenvalue weighted by Crippen LogP contribution is -2.19. The molecule has 0 aliphatic rings. The Labute approximate surface area is 210 Å². The zero-order valence-electron chi connectivity index (χ0n) is 19.2. The second kappa shape index (κ2) is 10.4. The van der Waals surface area contributed by atoms with Crippen LogP contribution in [0.5, 0.6) is 0 Å². The highest BCUT2D eigenvalue weighted by atomic mass is 32.1. The number of aromatic nitrogens is 2. The first-order valence-electron chi connectivity index (χ1n) is 10.8. The third kappa shape index (κ3) is 6.36. The molecule has 0 radical (unpaired) electrons.